The Kier molecular flexibility index (Phi) is 30.9. The highest BCUT2D eigenvalue weighted by Crippen LogP contribution is 2.49. The minimum atomic E-state index is -1.40. The van der Waals surface area contributed by atoms with Crippen molar-refractivity contribution in [2.45, 2.75) is 173 Å². The number of benzene rings is 1. The summed E-state index contributed by atoms with van der Waals surface area (Å²) < 4.78 is 16.2. The molecule has 532 valence electrons. The molecule has 0 spiro atoms. The van der Waals surface area contributed by atoms with Gasteiger partial charge in [-0.3, -0.25) is 57.6 Å². The van der Waals surface area contributed by atoms with Crippen LogP contribution in [0.2, 0.25) is 0 Å². The summed E-state index contributed by atoms with van der Waals surface area (Å²) in [6.07, 6.45) is 2.21. The highest BCUT2D eigenvalue weighted by molar-refractivity contribution is 6.05. The van der Waals surface area contributed by atoms with Crippen molar-refractivity contribution in [1.82, 2.24) is 25.3 Å². The van der Waals surface area contributed by atoms with Gasteiger partial charge < -0.3 is 54.9 Å². The zero-order valence-electron chi connectivity index (χ0n) is 60.1. The van der Waals surface area contributed by atoms with Crippen LogP contribution in [0.15, 0.2) is 24.3 Å². The summed E-state index contributed by atoms with van der Waals surface area (Å²) in [6, 6.07) is 6.99. The number of nitrogens with zero attached hydrogens (tertiary/aromatic N) is 4. The van der Waals surface area contributed by atoms with Crippen molar-refractivity contribution in [2.75, 3.05) is 93.1 Å². The summed E-state index contributed by atoms with van der Waals surface area (Å²) in [4.78, 5) is 158. The van der Waals surface area contributed by atoms with Gasteiger partial charge in [-0.1, -0.05) is 89.5 Å². The van der Waals surface area contributed by atoms with E-state index in [9.17, 15) is 68.1 Å². The molecule has 2 fully saturated rings. The van der Waals surface area contributed by atoms with E-state index < -0.39 is 140 Å². The summed E-state index contributed by atoms with van der Waals surface area (Å²) in [5, 5.41) is 38.8. The maximum atomic E-state index is 14.9. The number of carbonyl (C=O) groups is 11. The van der Waals surface area contributed by atoms with Crippen LogP contribution in [-0.2, 0) is 62.2 Å². The first-order chi connectivity index (χ1) is 43.5. The molecule has 0 bridgehead atoms. The Balaban J connectivity index is 2.01. The van der Waals surface area contributed by atoms with Crippen LogP contribution in [0.1, 0.15) is 184 Å². The fourth-order valence-electron chi connectivity index (χ4n) is 13.9. The fourth-order valence-corrected chi connectivity index (χ4v) is 13.9. The SMILES string of the molecule is CCOC(=O)C(C(CCC(C)(C)CC1C(=O)OC(=O)C1C)C(=O)O)C(C)(C)CCC(C(=O)O)C(C(=O)NCCCN(C)C)C(C)(C)CCC1C(=O)N(CCCN(C)C)C(=O)C1CC(C)(C)CCC(C(=O)O)C(C(=O)OCCNC(=O)c1ccc(N(C)C)cc1)C(C)(C)CC. The van der Waals surface area contributed by atoms with E-state index in [2.05, 4.69) is 10.6 Å². The molecule has 1 aromatic rings. The second-order valence-electron chi connectivity index (χ2n) is 30.9. The largest absolute Gasteiger partial charge is 0.481 e. The number of cyclic esters (lactones) is 2. The van der Waals surface area contributed by atoms with Crippen LogP contribution in [0.4, 0.5) is 5.69 Å². The number of rotatable bonds is 43. The lowest BCUT2D eigenvalue weighted by Gasteiger charge is -2.41. The molecule has 10 atom stereocenters. The Bertz CT molecular complexity index is 2770. The molecule has 2 saturated heterocycles. The molecule has 23 heteroatoms. The first-order valence-electron chi connectivity index (χ1n) is 33.7. The molecule has 2 aliphatic heterocycles. The molecule has 23 nitrogen and oxygen atoms in total. The first-order valence-corrected chi connectivity index (χ1v) is 33.7. The number of carboxylic acids is 3. The number of carbonyl (C=O) groups excluding carboxylic acids is 8. The fraction of sp³-hybridized carbons (Fsp3) is 0.761. The van der Waals surface area contributed by atoms with E-state index in [0.29, 0.717) is 37.9 Å². The molecule has 0 aliphatic carbocycles. The summed E-state index contributed by atoms with van der Waals surface area (Å²) >= 11 is 0. The molecule has 4 amide bonds. The van der Waals surface area contributed by atoms with Crippen LogP contribution in [0.25, 0.3) is 0 Å². The molecule has 94 heavy (non-hydrogen) atoms. The van der Waals surface area contributed by atoms with Gasteiger partial charge in [0, 0.05) is 38.4 Å². The number of likely N-dealkylation sites (tertiary alicyclic amines) is 1. The number of ether oxygens (including phenoxy) is 3. The van der Waals surface area contributed by atoms with Gasteiger partial charge in [0.2, 0.25) is 17.7 Å². The molecule has 2 heterocycles. The number of hydrogen-bond donors (Lipinski definition) is 5. The van der Waals surface area contributed by atoms with Crippen LogP contribution in [0, 0.1) is 86.3 Å². The van der Waals surface area contributed by atoms with Crippen molar-refractivity contribution in [2.24, 2.45) is 86.3 Å². The minimum absolute atomic E-state index is 0.0151. The van der Waals surface area contributed by atoms with Gasteiger partial charge in [-0.15, -0.1) is 0 Å². The Morgan fingerprint density at radius 1 is 0.574 bits per heavy atom. The molecule has 0 saturated carbocycles. The standard InChI is InChI=1S/C71H116N6O17/c1-20-69(8,9)54(66(91)93-41-37-73-56(78)45-24-26-46(27-25-45)76(18)19)49(61(84)85)28-33-68(6,7)43-52-47(58(80)77(59(52)81)40-23-39-75(16)17)30-34-70(10,11)53(57(79)72-36-22-38-74(14)15)48(60(82)83)31-35-71(12,13)55(65(90)92-21-2)50(62(86)87)29-32-67(4,5)42-51-44(3)63(88)94-64(51)89/h24-27,44,47-55H,20-23,28-43H2,1-19H3,(H,72,79)(H,73,78)(H,82,83)(H,84,85)(H,86,87). The molecule has 10 unspecified atom stereocenters. The Labute approximate surface area is 559 Å². The van der Waals surface area contributed by atoms with Crippen LogP contribution in [0.3, 0.4) is 0 Å². The van der Waals surface area contributed by atoms with Gasteiger partial charge in [-0.25, -0.2) is 0 Å². The molecule has 3 rings (SSSR count). The number of amides is 4. The number of carboxylic acid groups (broad SMARTS) is 3. The third-order valence-corrected chi connectivity index (χ3v) is 20.2. The summed E-state index contributed by atoms with van der Waals surface area (Å²) in [7, 11) is 11.3. The topological polar surface area (TPSA) is 313 Å². The van der Waals surface area contributed by atoms with Crippen LogP contribution >= 0.6 is 0 Å². The average Bonchev–Trinajstić information content (AvgIpc) is 1.42. The third-order valence-electron chi connectivity index (χ3n) is 20.2. The molecule has 0 radical (unpaired) electrons. The van der Waals surface area contributed by atoms with Crippen LogP contribution in [-0.4, -0.2) is 184 Å². The van der Waals surface area contributed by atoms with Gasteiger partial charge in [-0.05, 0) is 177 Å². The van der Waals surface area contributed by atoms with E-state index >= 15 is 0 Å². The molecular formula is C71H116N6O17. The van der Waals surface area contributed by atoms with E-state index in [-0.39, 0.29) is 109 Å². The minimum Gasteiger partial charge on any atom is -0.481 e. The molecule has 2 aliphatic rings. The molecular weight excluding hydrogens is 1210 g/mol. The summed E-state index contributed by atoms with van der Waals surface area (Å²) in [5.74, 6) is -19.0. The van der Waals surface area contributed by atoms with Crippen LogP contribution < -0.4 is 15.5 Å². The van der Waals surface area contributed by atoms with Crippen LogP contribution in [0.5, 0.6) is 0 Å². The lowest BCUT2D eigenvalue weighted by atomic mass is 9.63. The van der Waals surface area contributed by atoms with Gasteiger partial charge in [0.15, 0.2) is 0 Å². The Morgan fingerprint density at radius 2 is 1.04 bits per heavy atom. The second kappa shape index (κ2) is 35.5. The van der Waals surface area contributed by atoms with E-state index in [1.165, 1.54) is 4.90 Å². The lowest BCUT2D eigenvalue weighted by molar-refractivity contribution is -0.164. The van der Waals surface area contributed by atoms with Crippen molar-refractivity contribution in [3.05, 3.63) is 29.8 Å². The monoisotopic (exact) mass is 1320 g/mol. The Morgan fingerprint density at radius 3 is 1.52 bits per heavy atom. The zero-order valence-corrected chi connectivity index (χ0v) is 60.1. The van der Waals surface area contributed by atoms with Crippen molar-refractivity contribution in [3.63, 3.8) is 0 Å². The molecule has 0 aromatic heterocycles. The highest BCUT2D eigenvalue weighted by Gasteiger charge is 2.53. The average molecular weight is 1330 g/mol. The van der Waals surface area contributed by atoms with E-state index in [4.69, 9.17) is 14.2 Å². The number of imide groups is 1. The Hall–Kier alpha value is -6.49. The summed E-state index contributed by atoms with van der Waals surface area (Å²) in [5.41, 5.74) is -3.41. The maximum Gasteiger partial charge on any atom is 0.317 e. The van der Waals surface area contributed by atoms with E-state index in [0.717, 1.165) is 5.69 Å². The molecule has 1 aromatic carbocycles. The maximum absolute atomic E-state index is 14.9. The number of nitrogens with one attached hydrogen (secondary N) is 2. The number of anilines is 1. The number of esters is 4. The number of hydrogen-bond acceptors (Lipinski definition) is 17. The van der Waals surface area contributed by atoms with Crippen molar-refractivity contribution >= 4 is 71.1 Å². The summed E-state index contributed by atoms with van der Waals surface area (Å²) in [6.45, 7) is 24.4. The first kappa shape index (κ1) is 81.7. The van der Waals surface area contributed by atoms with Gasteiger partial charge in [0.1, 0.15) is 6.61 Å². The van der Waals surface area contributed by atoms with Crippen molar-refractivity contribution < 1.29 is 82.3 Å². The van der Waals surface area contributed by atoms with Gasteiger partial charge in [-0.2, -0.15) is 0 Å². The second-order valence-corrected chi connectivity index (χ2v) is 30.9. The van der Waals surface area contributed by atoms with Crippen molar-refractivity contribution in [1.29, 1.82) is 0 Å². The predicted octanol–water partition coefficient (Wildman–Crippen LogP) is 8.94. The highest BCUT2D eigenvalue weighted by atomic mass is 16.6. The quantitative estimate of drug-likeness (QED) is 0.0134. The zero-order chi connectivity index (χ0) is 71.6. The molecule has 5 N–H and O–H groups in total. The normalized spacial score (nSPS) is 19.3. The number of aliphatic carboxylic acids is 3. The van der Waals surface area contributed by atoms with E-state index in [1.807, 2.05) is 118 Å². The van der Waals surface area contributed by atoms with Gasteiger partial charge >= 0.3 is 41.8 Å². The smallest absolute Gasteiger partial charge is 0.317 e. The van der Waals surface area contributed by atoms with Gasteiger partial charge in [0.25, 0.3) is 5.91 Å². The van der Waals surface area contributed by atoms with Crippen molar-refractivity contribution in [3.8, 4) is 0 Å². The predicted molar refractivity (Wildman–Crippen MR) is 357 cm³/mol. The third kappa shape index (κ3) is 23.4. The van der Waals surface area contributed by atoms with Gasteiger partial charge in [0.05, 0.1) is 72.3 Å². The lowest BCUT2D eigenvalue weighted by Crippen LogP contribution is -2.47. The van der Waals surface area contributed by atoms with E-state index in [1.54, 1.807) is 53.7 Å².